The number of hydrogen-bond donors (Lipinski definition) is 1. The maximum Gasteiger partial charge on any atom is 0.125 e. The molecule has 2 saturated carbocycles. The number of terminal acetylenes is 1. The zero-order valence-electron chi connectivity index (χ0n) is 13.2. The lowest BCUT2D eigenvalue weighted by molar-refractivity contribution is 0.0256. The third kappa shape index (κ3) is 4.26. The molecule has 114 valence electrons. The Kier molecular flexibility index (Phi) is 5.97. The van der Waals surface area contributed by atoms with Crippen LogP contribution in [0.2, 0.25) is 0 Å². The molecule has 20 heavy (non-hydrogen) atoms. The van der Waals surface area contributed by atoms with E-state index in [1.165, 1.54) is 51.4 Å². The molecule has 0 bridgehead atoms. The molecule has 0 heterocycles. The van der Waals surface area contributed by atoms with Crippen molar-refractivity contribution >= 4 is 0 Å². The normalized spacial score (nSPS) is 38.4. The maximum atomic E-state index is 10.1. The zero-order valence-corrected chi connectivity index (χ0v) is 13.2. The van der Waals surface area contributed by atoms with Gasteiger partial charge in [-0.2, -0.15) is 0 Å². The molecule has 0 aromatic carbocycles. The highest BCUT2D eigenvalue weighted by Crippen LogP contribution is 2.43. The molecule has 1 N–H and O–H groups in total. The van der Waals surface area contributed by atoms with Crippen LogP contribution in [0.4, 0.5) is 0 Å². The van der Waals surface area contributed by atoms with Crippen molar-refractivity contribution in [2.45, 2.75) is 89.6 Å². The average Bonchev–Trinajstić information content (AvgIpc) is 2.49. The summed E-state index contributed by atoms with van der Waals surface area (Å²) in [6.45, 7) is 2.29. The molecule has 0 aromatic heterocycles. The van der Waals surface area contributed by atoms with Crippen molar-refractivity contribution in [1.82, 2.24) is 0 Å². The van der Waals surface area contributed by atoms with Crippen LogP contribution in [-0.2, 0) is 0 Å². The van der Waals surface area contributed by atoms with E-state index >= 15 is 0 Å². The second-order valence-electron chi connectivity index (χ2n) is 7.29. The van der Waals surface area contributed by atoms with E-state index in [4.69, 9.17) is 6.42 Å². The first-order chi connectivity index (χ1) is 9.67. The van der Waals surface area contributed by atoms with E-state index in [1.807, 2.05) is 0 Å². The monoisotopic (exact) mass is 276 g/mol. The summed E-state index contributed by atoms with van der Waals surface area (Å²) in [7, 11) is 0. The van der Waals surface area contributed by atoms with Gasteiger partial charge in [0, 0.05) is 0 Å². The van der Waals surface area contributed by atoms with Gasteiger partial charge in [-0.15, -0.1) is 6.42 Å². The number of hydrogen-bond acceptors (Lipinski definition) is 1. The summed E-state index contributed by atoms with van der Waals surface area (Å²) >= 11 is 0. The SMILES string of the molecule is C#CC1(O)CCC(C2CCC(CCCCC)CC2)CC1. The van der Waals surface area contributed by atoms with Gasteiger partial charge in [-0.25, -0.2) is 0 Å². The largest absolute Gasteiger partial charge is 0.378 e. The fraction of sp³-hybridized carbons (Fsp3) is 0.895. The fourth-order valence-corrected chi connectivity index (χ4v) is 4.36. The van der Waals surface area contributed by atoms with Crippen molar-refractivity contribution in [1.29, 1.82) is 0 Å². The lowest BCUT2D eigenvalue weighted by atomic mass is 9.68. The van der Waals surface area contributed by atoms with Gasteiger partial charge in [-0.05, 0) is 56.3 Å². The average molecular weight is 276 g/mol. The molecule has 2 aliphatic rings. The molecule has 2 fully saturated rings. The second-order valence-corrected chi connectivity index (χ2v) is 7.29. The molecule has 0 aliphatic heterocycles. The van der Waals surface area contributed by atoms with Crippen LogP contribution in [-0.4, -0.2) is 10.7 Å². The van der Waals surface area contributed by atoms with E-state index in [0.717, 1.165) is 43.4 Å². The highest BCUT2D eigenvalue weighted by molar-refractivity contribution is 5.09. The third-order valence-corrected chi connectivity index (χ3v) is 5.90. The number of rotatable bonds is 5. The van der Waals surface area contributed by atoms with Crippen LogP contribution < -0.4 is 0 Å². The van der Waals surface area contributed by atoms with Gasteiger partial charge in [0.05, 0.1) is 0 Å². The molecule has 1 nitrogen and oxygen atoms in total. The minimum atomic E-state index is -0.784. The Morgan fingerprint density at radius 2 is 1.60 bits per heavy atom. The van der Waals surface area contributed by atoms with Gasteiger partial charge in [-0.3, -0.25) is 0 Å². The first kappa shape index (κ1) is 15.9. The van der Waals surface area contributed by atoms with Gasteiger partial charge in [0.25, 0.3) is 0 Å². The van der Waals surface area contributed by atoms with E-state index in [2.05, 4.69) is 12.8 Å². The molecule has 0 amide bonds. The van der Waals surface area contributed by atoms with E-state index in [1.54, 1.807) is 0 Å². The molecule has 0 aromatic rings. The topological polar surface area (TPSA) is 20.2 Å². The fourth-order valence-electron chi connectivity index (χ4n) is 4.36. The molecule has 0 spiro atoms. The molecule has 2 aliphatic carbocycles. The summed E-state index contributed by atoms with van der Waals surface area (Å²) in [5, 5.41) is 10.1. The smallest absolute Gasteiger partial charge is 0.125 e. The summed E-state index contributed by atoms with van der Waals surface area (Å²) in [4.78, 5) is 0. The number of aliphatic hydroxyl groups is 1. The molecular weight excluding hydrogens is 244 g/mol. The molecule has 0 unspecified atom stereocenters. The van der Waals surface area contributed by atoms with Crippen molar-refractivity contribution in [3.05, 3.63) is 0 Å². The van der Waals surface area contributed by atoms with Crippen molar-refractivity contribution in [3.8, 4) is 12.3 Å². The van der Waals surface area contributed by atoms with Gasteiger partial charge < -0.3 is 5.11 Å². The Balaban J connectivity index is 1.68. The van der Waals surface area contributed by atoms with Crippen molar-refractivity contribution < 1.29 is 5.11 Å². The van der Waals surface area contributed by atoms with Gasteiger partial charge in [0.2, 0.25) is 0 Å². The van der Waals surface area contributed by atoms with Gasteiger partial charge >= 0.3 is 0 Å². The summed E-state index contributed by atoms with van der Waals surface area (Å²) < 4.78 is 0. The minimum absolute atomic E-state index is 0.784. The standard InChI is InChI=1S/C19H32O/c1-3-5-6-7-16-8-10-17(11-9-16)18-12-14-19(20,4-2)15-13-18/h2,16-18,20H,3,5-15H2,1H3. The van der Waals surface area contributed by atoms with E-state index in [9.17, 15) is 5.11 Å². The van der Waals surface area contributed by atoms with Gasteiger partial charge in [0.15, 0.2) is 0 Å². The molecule has 0 saturated heterocycles. The van der Waals surface area contributed by atoms with Crippen LogP contribution in [0.3, 0.4) is 0 Å². The highest BCUT2D eigenvalue weighted by atomic mass is 16.3. The summed E-state index contributed by atoms with van der Waals surface area (Å²) in [5.74, 6) is 5.35. The Labute approximate surface area is 125 Å². The van der Waals surface area contributed by atoms with Crippen LogP contribution in [0.5, 0.6) is 0 Å². The van der Waals surface area contributed by atoms with Crippen LogP contribution in [0, 0.1) is 30.1 Å². The van der Waals surface area contributed by atoms with E-state index in [0.29, 0.717) is 0 Å². The first-order valence-electron chi connectivity index (χ1n) is 8.87. The maximum absolute atomic E-state index is 10.1. The summed E-state index contributed by atoms with van der Waals surface area (Å²) in [5.41, 5.74) is -0.784. The van der Waals surface area contributed by atoms with Crippen molar-refractivity contribution in [2.75, 3.05) is 0 Å². The van der Waals surface area contributed by atoms with Crippen LogP contribution in [0.1, 0.15) is 84.0 Å². The lowest BCUT2D eigenvalue weighted by Gasteiger charge is -2.39. The van der Waals surface area contributed by atoms with Crippen LogP contribution in [0.25, 0.3) is 0 Å². The summed E-state index contributed by atoms with van der Waals surface area (Å²) in [6.07, 6.45) is 20.8. The van der Waals surface area contributed by atoms with Gasteiger partial charge in [0.1, 0.15) is 5.60 Å². The lowest BCUT2D eigenvalue weighted by Crippen LogP contribution is -2.35. The predicted molar refractivity (Wildman–Crippen MR) is 85.3 cm³/mol. The molecule has 0 radical (unpaired) electrons. The van der Waals surface area contributed by atoms with Crippen LogP contribution in [0.15, 0.2) is 0 Å². The first-order valence-corrected chi connectivity index (χ1v) is 8.87. The number of unbranched alkanes of at least 4 members (excludes halogenated alkanes) is 2. The Bertz CT molecular complexity index is 311. The zero-order chi connectivity index (χ0) is 14.4. The summed E-state index contributed by atoms with van der Waals surface area (Å²) in [6, 6.07) is 0. The second kappa shape index (κ2) is 7.51. The van der Waals surface area contributed by atoms with E-state index < -0.39 is 5.60 Å². The van der Waals surface area contributed by atoms with Crippen molar-refractivity contribution in [3.63, 3.8) is 0 Å². The molecular formula is C19H32O. The third-order valence-electron chi connectivity index (χ3n) is 5.90. The molecule has 0 atom stereocenters. The Hall–Kier alpha value is -0.480. The van der Waals surface area contributed by atoms with Crippen LogP contribution >= 0.6 is 0 Å². The Morgan fingerprint density at radius 3 is 2.15 bits per heavy atom. The van der Waals surface area contributed by atoms with E-state index in [-0.39, 0.29) is 0 Å². The van der Waals surface area contributed by atoms with Gasteiger partial charge in [-0.1, -0.05) is 51.4 Å². The highest BCUT2D eigenvalue weighted by Gasteiger charge is 2.35. The van der Waals surface area contributed by atoms with Crippen molar-refractivity contribution in [2.24, 2.45) is 17.8 Å². The molecule has 1 heteroatoms. The molecule has 2 rings (SSSR count). The minimum Gasteiger partial charge on any atom is -0.378 e. The quantitative estimate of drug-likeness (QED) is 0.558. The predicted octanol–water partition coefficient (Wildman–Crippen LogP) is 4.93. The Morgan fingerprint density at radius 1 is 1.00 bits per heavy atom.